The number of methoxy groups -OCH3 is 2. The Morgan fingerprint density at radius 1 is 0.532 bits per heavy atom. The van der Waals surface area contributed by atoms with Crippen LogP contribution in [0.3, 0.4) is 0 Å². The summed E-state index contributed by atoms with van der Waals surface area (Å²) in [5.41, 5.74) is 6.22. The molecule has 21 heteroatoms. The number of ether oxygens (including phenoxy) is 3. The van der Waals surface area contributed by atoms with Gasteiger partial charge < -0.3 is 29.7 Å². The van der Waals surface area contributed by atoms with Gasteiger partial charge in [0.2, 0.25) is 11.8 Å². The number of hydrogen-bond acceptors (Lipinski definition) is 14. The zero-order valence-corrected chi connectivity index (χ0v) is 42.9. The molecule has 10 aromatic rings. The fraction of sp³-hybridized carbons (Fsp3) is 0.143. The first-order chi connectivity index (χ1) is 37.3. The molecule has 11 rings (SSSR count). The first-order valence-electron chi connectivity index (χ1n) is 23.6. The number of fused-ring (bicyclic) bond motifs is 2. The third-order valence-electron chi connectivity index (χ3n) is 12.5. The second kappa shape index (κ2) is 22.2. The van der Waals surface area contributed by atoms with E-state index < -0.39 is 34.9 Å². The summed E-state index contributed by atoms with van der Waals surface area (Å²) < 4.78 is 106. The highest BCUT2D eigenvalue weighted by molar-refractivity contribution is 9.10. The molecule has 0 spiro atoms. The number of halogens is 7. The molecule has 1 saturated heterocycles. The molecular formula is C56H42BrF6N11O3. The van der Waals surface area contributed by atoms with Crippen molar-refractivity contribution in [2.24, 2.45) is 0 Å². The lowest BCUT2D eigenvalue weighted by Gasteiger charge is -2.29. The minimum atomic E-state index is -0.795. The number of anilines is 5. The molecular weight excluding hydrogens is 1070 g/mol. The number of pyridine rings is 8. The third-order valence-corrected chi connectivity index (χ3v) is 13.0. The molecule has 0 aliphatic carbocycles. The van der Waals surface area contributed by atoms with E-state index in [1.54, 1.807) is 74.9 Å². The lowest BCUT2D eigenvalue weighted by atomic mass is 10.0. The SMILES string of the molecule is COc1cc(-c2ncc(Br)cc2Nc2c(C)c(-c3ccccn3)nc3cc(F)cc(F)c23)c(F)cn1.COc1cc(-c2ncc(N3CCOCC3)cc2Nc2c(C)c(-c3ccccn3)nc3cc(F)cc(F)c23)c(F)cn1. The minimum Gasteiger partial charge on any atom is -0.481 e. The van der Waals surface area contributed by atoms with Crippen LogP contribution in [0.25, 0.3) is 67.1 Å². The summed E-state index contributed by atoms with van der Waals surface area (Å²) in [6.45, 7) is 5.93. The van der Waals surface area contributed by atoms with Gasteiger partial charge in [-0.15, -0.1) is 0 Å². The summed E-state index contributed by atoms with van der Waals surface area (Å²) in [7, 11) is 2.86. The van der Waals surface area contributed by atoms with E-state index >= 15 is 13.2 Å². The fourth-order valence-electron chi connectivity index (χ4n) is 8.83. The zero-order valence-electron chi connectivity index (χ0n) is 41.3. The van der Waals surface area contributed by atoms with Crippen LogP contribution in [0.5, 0.6) is 11.8 Å². The van der Waals surface area contributed by atoms with E-state index in [2.05, 4.69) is 71.3 Å². The van der Waals surface area contributed by atoms with Gasteiger partial charge in [0.05, 0.1) is 130 Å². The Morgan fingerprint density at radius 3 is 1.48 bits per heavy atom. The van der Waals surface area contributed by atoms with Gasteiger partial charge in [-0.2, -0.15) is 0 Å². The number of nitrogens with zero attached hydrogens (tertiary/aromatic N) is 9. The number of benzene rings is 2. The van der Waals surface area contributed by atoms with E-state index in [9.17, 15) is 13.2 Å². The molecule has 388 valence electrons. The van der Waals surface area contributed by atoms with Crippen molar-refractivity contribution >= 4 is 66.2 Å². The molecule has 2 aromatic carbocycles. The second-order valence-corrected chi connectivity index (χ2v) is 18.2. The molecule has 2 N–H and O–H groups in total. The van der Waals surface area contributed by atoms with Crippen LogP contribution in [0.2, 0.25) is 0 Å². The van der Waals surface area contributed by atoms with Crippen LogP contribution >= 0.6 is 15.9 Å². The summed E-state index contributed by atoms with van der Waals surface area (Å²) in [4.78, 5) is 36.8. The van der Waals surface area contributed by atoms with Crippen LogP contribution in [0.15, 0.2) is 127 Å². The van der Waals surface area contributed by atoms with E-state index in [0.29, 0.717) is 87.4 Å². The zero-order chi connectivity index (χ0) is 53.9. The maximum Gasteiger partial charge on any atom is 0.213 e. The Morgan fingerprint density at radius 2 is 1.01 bits per heavy atom. The van der Waals surface area contributed by atoms with Gasteiger partial charge in [0, 0.05) is 94.8 Å². The van der Waals surface area contributed by atoms with Gasteiger partial charge >= 0.3 is 0 Å². The monoisotopic (exact) mass is 1110 g/mol. The molecule has 9 heterocycles. The van der Waals surface area contributed by atoms with E-state index in [1.807, 2.05) is 6.07 Å². The van der Waals surface area contributed by atoms with Crippen LogP contribution in [0, 0.1) is 48.8 Å². The fourth-order valence-corrected chi connectivity index (χ4v) is 9.16. The Bertz CT molecular complexity index is 3860. The quantitative estimate of drug-likeness (QED) is 0.118. The predicted octanol–water partition coefficient (Wildman–Crippen LogP) is 13.1. The maximum absolute atomic E-state index is 15.4. The van der Waals surface area contributed by atoms with E-state index in [4.69, 9.17) is 14.2 Å². The average Bonchev–Trinajstić information content (AvgIpc) is 3.49. The number of rotatable bonds is 11. The van der Waals surface area contributed by atoms with Gasteiger partial charge in [0.1, 0.15) is 23.3 Å². The lowest BCUT2D eigenvalue weighted by molar-refractivity contribution is 0.122. The Hall–Kier alpha value is -8.82. The molecule has 0 bridgehead atoms. The molecule has 77 heavy (non-hydrogen) atoms. The number of hydrogen-bond donors (Lipinski definition) is 2. The predicted molar refractivity (Wildman–Crippen MR) is 285 cm³/mol. The largest absolute Gasteiger partial charge is 0.481 e. The normalized spacial score (nSPS) is 12.3. The van der Waals surface area contributed by atoms with Crippen molar-refractivity contribution in [1.82, 2.24) is 39.9 Å². The van der Waals surface area contributed by atoms with Crippen molar-refractivity contribution < 1.29 is 40.6 Å². The van der Waals surface area contributed by atoms with Crippen LogP contribution in [-0.4, -0.2) is 80.4 Å². The number of nitrogens with one attached hydrogen (secondary N) is 2. The number of aromatic nitrogens is 8. The smallest absolute Gasteiger partial charge is 0.213 e. The average molecular weight is 1110 g/mol. The van der Waals surface area contributed by atoms with Crippen molar-refractivity contribution in [3.8, 4) is 57.1 Å². The second-order valence-electron chi connectivity index (χ2n) is 17.3. The van der Waals surface area contributed by atoms with Gasteiger partial charge in [0.15, 0.2) is 11.6 Å². The van der Waals surface area contributed by atoms with Gasteiger partial charge in [-0.25, -0.2) is 46.3 Å². The van der Waals surface area contributed by atoms with Crippen molar-refractivity contribution in [3.05, 3.63) is 173 Å². The van der Waals surface area contributed by atoms with Crippen molar-refractivity contribution in [2.75, 3.05) is 56.1 Å². The molecule has 0 radical (unpaired) electrons. The lowest BCUT2D eigenvalue weighted by Crippen LogP contribution is -2.36. The Kier molecular flexibility index (Phi) is 14.9. The highest BCUT2D eigenvalue weighted by Gasteiger charge is 2.25. The summed E-state index contributed by atoms with van der Waals surface area (Å²) in [6.07, 6.45) is 8.49. The summed E-state index contributed by atoms with van der Waals surface area (Å²) in [6, 6.07) is 21.0. The highest BCUT2D eigenvalue weighted by Crippen LogP contribution is 2.42. The molecule has 1 aliphatic rings. The molecule has 1 fully saturated rings. The molecule has 8 aromatic heterocycles. The molecule has 14 nitrogen and oxygen atoms in total. The standard InChI is InChI=1S/C30H25F3N6O2.C26H17BrF3N5O/c1-17-28(23-5-3-4-6-34-23)37-24-12-18(31)11-21(32)27(24)29(17)38-25-13-19(39-7-9-41-10-8-39)15-36-30(25)20-14-26(40-2)35-16-22(20)33;1-13-24(19-5-3-4-6-31-19)34-20-9-15(28)8-17(29)23(20)25(13)35-21-7-14(27)11-33-26(21)16-10-22(36-2)32-12-18(16)30/h3-6,11-16H,7-10H2,1-2H3,(H,37,38);3-12H,1-2H3,(H,34,35). The van der Waals surface area contributed by atoms with Gasteiger partial charge in [0.25, 0.3) is 0 Å². The van der Waals surface area contributed by atoms with Crippen molar-refractivity contribution in [3.63, 3.8) is 0 Å². The van der Waals surface area contributed by atoms with E-state index in [-0.39, 0.29) is 56.1 Å². The van der Waals surface area contributed by atoms with Gasteiger partial charge in [-0.05, 0) is 66.2 Å². The van der Waals surface area contributed by atoms with Crippen LogP contribution in [0.1, 0.15) is 11.1 Å². The van der Waals surface area contributed by atoms with Crippen LogP contribution in [0.4, 0.5) is 54.8 Å². The van der Waals surface area contributed by atoms with Gasteiger partial charge in [-0.1, -0.05) is 12.1 Å². The van der Waals surface area contributed by atoms with Crippen molar-refractivity contribution in [2.45, 2.75) is 13.8 Å². The van der Waals surface area contributed by atoms with E-state index in [0.717, 1.165) is 36.3 Å². The molecule has 0 amide bonds. The summed E-state index contributed by atoms with van der Waals surface area (Å²) >= 11 is 3.39. The minimum absolute atomic E-state index is 0.0762. The topological polar surface area (TPSA) is 158 Å². The number of morpholine rings is 1. The van der Waals surface area contributed by atoms with E-state index in [1.165, 1.54) is 38.6 Å². The molecule has 1 aliphatic heterocycles. The first-order valence-corrected chi connectivity index (χ1v) is 24.4. The molecule has 0 saturated carbocycles. The van der Waals surface area contributed by atoms with Crippen molar-refractivity contribution in [1.29, 1.82) is 0 Å². The Labute approximate surface area is 444 Å². The molecule has 0 unspecified atom stereocenters. The summed E-state index contributed by atoms with van der Waals surface area (Å²) in [5, 5.41) is 6.68. The maximum atomic E-state index is 15.4. The Balaban J connectivity index is 0.000000176. The first kappa shape index (κ1) is 51.7. The molecule has 0 atom stereocenters. The van der Waals surface area contributed by atoms with Gasteiger partial charge in [-0.3, -0.25) is 19.9 Å². The third kappa shape index (κ3) is 10.7. The van der Waals surface area contributed by atoms with Crippen LogP contribution < -0.4 is 25.0 Å². The highest BCUT2D eigenvalue weighted by atomic mass is 79.9. The summed E-state index contributed by atoms with van der Waals surface area (Å²) in [5.74, 6) is -3.93. The van der Waals surface area contributed by atoms with Crippen LogP contribution in [-0.2, 0) is 4.74 Å².